The van der Waals surface area contributed by atoms with Crippen LogP contribution in [0.2, 0.25) is 0 Å². The van der Waals surface area contributed by atoms with Crippen molar-refractivity contribution in [3.05, 3.63) is 12.7 Å². The summed E-state index contributed by atoms with van der Waals surface area (Å²) in [5, 5.41) is 8.43. The van der Waals surface area contributed by atoms with Gasteiger partial charge in [-0.1, -0.05) is 6.58 Å². The number of hydrogen-bond acceptors (Lipinski definition) is 3. The molecule has 0 aliphatic carbocycles. The molecule has 4 nitrogen and oxygen atoms in total. The van der Waals surface area contributed by atoms with Crippen LogP contribution < -0.4 is 0 Å². The Bertz CT molecular complexity index is 243. The zero-order chi connectivity index (χ0) is 11.9. The molecule has 0 saturated heterocycles. The SMILES string of the molecule is C=CC(=O)OC(C)(C)CCCCC(=O)O. The van der Waals surface area contributed by atoms with E-state index in [2.05, 4.69) is 6.58 Å². The maximum atomic E-state index is 10.9. The Balaban J connectivity index is 3.78. The molecular formula is C11H18O4. The number of rotatable bonds is 7. The van der Waals surface area contributed by atoms with Crippen LogP contribution in [0.25, 0.3) is 0 Å². The molecule has 0 aromatic heterocycles. The number of unbranched alkanes of at least 4 members (excludes halogenated alkanes) is 1. The first-order valence-corrected chi connectivity index (χ1v) is 4.94. The summed E-state index contributed by atoms with van der Waals surface area (Å²) < 4.78 is 5.09. The Morgan fingerprint density at radius 3 is 2.47 bits per heavy atom. The van der Waals surface area contributed by atoms with Crippen molar-refractivity contribution in [1.29, 1.82) is 0 Å². The molecule has 0 radical (unpaired) electrons. The third kappa shape index (κ3) is 7.73. The highest BCUT2D eigenvalue weighted by atomic mass is 16.6. The van der Waals surface area contributed by atoms with Crippen molar-refractivity contribution in [3.8, 4) is 0 Å². The number of hydrogen-bond donors (Lipinski definition) is 1. The fourth-order valence-electron chi connectivity index (χ4n) is 1.19. The molecule has 0 saturated carbocycles. The molecule has 0 aliphatic rings. The van der Waals surface area contributed by atoms with Crippen LogP contribution in [0, 0.1) is 0 Å². The van der Waals surface area contributed by atoms with Gasteiger partial charge in [0.25, 0.3) is 0 Å². The van der Waals surface area contributed by atoms with Gasteiger partial charge in [-0.05, 0) is 33.1 Å². The van der Waals surface area contributed by atoms with E-state index in [9.17, 15) is 9.59 Å². The molecular weight excluding hydrogens is 196 g/mol. The lowest BCUT2D eigenvalue weighted by atomic mass is 10.0. The summed E-state index contributed by atoms with van der Waals surface area (Å²) in [6.45, 7) is 6.91. The van der Waals surface area contributed by atoms with E-state index in [1.807, 2.05) is 0 Å². The minimum atomic E-state index is -0.795. The molecule has 4 heteroatoms. The average molecular weight is 214 g/mol. The van der Waals surface area contributed by atoms with Gasteiger partial charge in [0.1, 0.15) is 5.60 Å². The van der Waals surface area contributed by atoms with Crippen molar-refractivity contribution in [2.45, 2.75) is 45.1 Å². The second-order valence-corrected chi connectivity index (χ2v) is 3.99. The Morgan fingerprint density at radius 1 is 1.40 bits per heavy atom. The number of ether oxygens (including phenoxy) is 1. The van der Waals surface area contributed by atoms with Gasteiger partial charge in [-0.15, -0.1) is 0 Å². The first-order valence-electron chi connectivity index (χ1n) is 4.94. The van der Waals surface area contributed by atoms with Crippen LogP contribution in [-0.4, -0.2) is 22.6 Å². The van der Waals surface area contributed by atoms with E-state index in [0.29, 0.717) is 12.8 Å². The topological polar surface area (TPSA) is 63.6 Å². The maximum Gasteiger partial charge on any atom is 0.330 e. The standard InChI is InChI=1S/C11H18O4/c1-4-10(14)15-11(2,3)8-6-5-7-9(12)13/h4H,1,5-8H2,2-3H3,(H,12,13). The summed E-state index contributed by atoms with van der Waals surface area (Å²) in [6.07, 6.45) is 3.26. The van der Waals surface area contributed by atoms with Crippen molar-refractivity contribution in [2.24, 2.45) is 0 Å². The predicted octanol–water partition coefficient (Wildman–Crippen LogP) is 2.14. The fraction of sp³-hybridized carbons (Fsp3) is 0.636. The van der Waals surface area contributed by atoms with Gasteiger partial charge in [-0.2, -0.15) is 0 Å². The van der Waals surface area contributed by atoms with Gasteiger partial charge in [-0.25, -0.2) is 4.79 Å². The second-order valence-electron chi connectivity index (χ2n) is 3.99. The maximum absolute atomic E-state index is 10.9. The van der Waals surface area contributed by atoms with Gasteiger partial charge in [0, 0.05) is 12.5 Å². The van der Waals surface area contributed by atoms with Gasteiger partial charge in [0.2, 0.25) is 0 Å². The molecule has 0 fully saturated rings. The molecule has 0 unspecified atom stereocenters. The third-order valence-corrected chi connectivity index (χ3v) is 1.96. The van der Waals surface area contributed by atoms with Crippen molar-refractivity contribution < 1.29 is 19.4 Å². The normalized spacial score (nSPS) is 10.8. The van der Waals surface area contributed by atoms with E-state index in [4.69, 9.17) is 9.84 Å². The van der Waals surface area contributed by atoms with Gasteiger partial charge < -0.3 is 9.84 Å². The highest BCUT2D eigenvalue weighted by molar-refractivity contribution is 5.81. The Kier molecular flexibility index (Phi) is 5.67. The van der Waals surface area contributed by atoms with Crippen molar-refractivity contribution in [3.63, 3.8) is 0 Å². The van der Waals surface area contributed by atoms with Crippen LogP contribution in [0.4, 0.5) is 0 Å². The summed E-state index contributed by atoms with van der Waals surface area (Å²) in [5.74, 6) is -1.24. The molecule has 86 valence electrons. The zero-order valence-corrected chi connectivity index (χ0v) is 9.28. The summed E-state index contributed by atoms with van der Waals surface area (Å²) >= 11 is 0. The Labute approximate surface area is 89.9 Å². The lowest BCUT2D eigenvalue weighted by molar-refractivity contribution is -0.151. The molecule has 0 bridgehead atoms. The first kappa shape index (κ1) is 13.7. The largest absolute Gasteiger partial charge is 0.481 e. The average Bonchev–Trinajstić information content (AvgIpc) is 2.11. The molecule has 0 atom stereocenters. The fourth-order valence-corrected chi connectivity index (χ4v) is 1.19. The molecule has 0 heterocycles. The van der Waals surface area contributed by atoms with Crippen LogP contribution in [-0.2, 0) is 14.3 Å². The zero-order valence-electron chi connectivity index (χ0n) is 9.28. The van der Waals surface area contributed by atoms with Crippen LogP contribution in [0.5, 0.6) is 0 Å². The van der Waals surface area contributed by atoms with Crippen LogP contribution >= 0.6 is 0 Å². The third-order valence-electron chi connectivity index (χ3n) is 1.96. The number of carboxylic acids is 1. The van der Waals surface area contributed by atoms with E-state index in [1.165, 1.54) is 0 Å². The summed E-state index contributed by atoms with van der Waals surface area (Å²) in [7, 11) is 0. The molecule has 0 aromatic rings. The summed E-state index contributed by atoms with van der Waals surface area (Å²) in [6, 6.07) is 0. The lowest BCUT2D eigenvalue weighted by Gasteiger charge is -2.24. The first-order chi connectivity index (χ1) is 6.87. The number of esters is 1. The van der Waals surface area contributed by atoms with E-state index in [0.717, 1.165) is 12.5 Å². The molecule has 0 spiro atoms. The Morgan fingerprint density at radius 2 is 2.00 bits per heavy atom. The minimum Gasteiger partial charge on any atom is -0.481 e. The molecule has 0 aromatic carbocycles. The summed E-state index contributed by atoms with van der Waals surface area (Å²) in [4.78, 5) is 21.2. The predicted molar refractivity (Wildman–Crippen MR) is 56.5 cm³/mol. The van der Waals surface area contributed by atoms with Crippen molar-refractivity contribution in [2.75, 3.05) is 0 Å². The summed E-state index contributed by atoms with van der Waals surface area (Å²) in [5.41, 5.74) is -0.552. The molecule has 0 rings (SSSR count). The number of aliphatic carboxylic acids is 1. The van der Waals surface area contributed by atoms with Gasteiger partial charge in [0.15, 0.2) is 0 Å². The smallest absolute Gasteiger partial charge is 0.330 e. The van der Waals surface area contributed by atoms with Crippen molar-refractivity contribution >= 4 is 11.9 Å². The van der Waals surface area contributed by atoms with Crippen LogP contribution in [0.15, 0.2) is 12.7 Å². The van der Waals surface area contributed by atoms with Gasteiger partial charge in [-0.3, -0.25) is 4.79 Å². The van der Waals surface area contributed by atoms with Crippen LogP contribution in [0.1, 0.15) is 39.5 Å². The number of carbonyl (C=O) groups is 2. The number of carbonyl (C=O) groups excluding carboxylic acids is 1. The van der Waals surface area contributed by atoms with Gasteiger partial charge >= 0.3 is 11.9 Å². The molecule has 1 N–H and O–H groups in total. The van der Waals surface area contributed by atoms with E-state index < -0.39 is 17.5 Å². The van der Waals surface area contributed by atoms with Gasteiger partial charge in [0.05, 0.1) is 0 Å². The molecule has 0 amide bonds. The monoisotopic (exact) mass is 214 g/mol. The van der Waals surface area contributed by atoms with E-state index in [1.54, 1.807) is 13.8 Å². The highest BCUT2D eigenvalue weighted by Gasteiger charge is 2.20. The molecule has 0 aliphatic heterocycles. The van der Waals surface area contributed by atoms with E-state index >= 15 is 0 Å². The quantitative estimate of drug-likeness (QED) is 0.400. The van der Waals surface area contributed by atoms with Crippen molar-refractivity contribution in [1.82, 2.24) is 0 Å². The Hall–Kier alpha value is -1.32. The van der Waals surface area contributed by atoms with Crippen LogP contribution in [0.3, 0.4) is 0 Å². The van der Waals surface area contributed by atoms with E-state index in [-0.39, 0.29) is 6.42 Å². The second kappa shape index (κ2) is 6.22. The lowest BCUT2D eigenvalue weighted by Crippen LogP contribution is -2.27. The molecule has 15 heavy (non-hydrogen) atoms. The number of carboxylic acid groups (broad SMARTS) is 1. The highest BCUT2D eigenvalue weighted by Crippen LogP contribution is 2.18. The minimum absolute atomic E-state index is 0.158.